The van der Waals surface area contributed by atoms with Gasteiger partial charge in [-0.05, 0) is 75.5 Å². The summed E-state index contributed by atoms with van der Waals surface area (Å²) in [5, 5.41) is 3.14. The van der Waals surface area contributed by atoms with Crippen LogP contribution in [0.3, 0.4) is 0 Å². The van der Waals surface area contributed by atoms with Gasteiger partial charge in [-0.3, -0.25) is 4.79 Å². The molecule has 1 amide bonds. The van der Waals surface area contributed by atoms with E-state index in [2.05, 4.69) is 35.3 Å². The molecule has 1 unspecified atom stereocenters. The number of rotatable bonds is 9. The first-order valence-corrected chi connectivity index (χ1v) is 12.1. The van der Waals surface area contributed by atoms with E-state index < -0.39 is 0 Å². The second-order valence-electron chi connectivity index (χ2n) is 8.21. The number of hydrogen-bond donors (Lipinski definition) is 1. The van der Waals surface area contributed by atoms with Crippen LogP contribution < -0.4 is 10.1 Å². The number of benzene rings is 1. The molecular formula is C25H43N3O2. The van der Waals surface area contributed by atoms with Crippen molar-refractivity contribution in [1.29, 1.82) is 0 Å². The van der Waals surface area contributed by atoms with E-state index in [1.165, 1.54) is 43.5 Å². The molecule has 5 nitrogen and oxygen atoms in total. The molecule has 1 aromatic rings. The highest BCUT2D eigenvalue weighted by Crippen LogP contribution is 2.25. The van der Waals surface area contributed by atoms with E-state index in [4.69, 9.17) is 4.74 Å². The lowest BCUT2D eigenvalue weighted by Crippen LogP contribution is -2.42. The minimum absolute atomic E-state index is 0.0778. The zero-order valence-electron chi connectivity index (χ0n) is 19.7. The number of likely N-dealkylation sites (tertiary alicyclic amines) is 1. The lowest BCUT2D eigenvalue weighted by atomic mass is 9.97. The van der Waals surface area contributed by atoms with Gasteiger partial charge in [0.1, 0.15) is 5.75 Å². The monoisotopic (exact) mass is 417 g/mol. The van der Waals surface area contributed by atoms with Gasteiger partial charge in [-0.1, -0.05) is 33.3 Å². The largest absolute Gasteiger partial charge is 0.494 e. The third-order valence-corrected chi connectivity index (χ3v) is 6.13. The van der Waals surface area contributed by atoms with Crippen molar-refractivity contribution in [2.24, 2.45) is 5.92 Å². The molecule has 0 saturated carbocycles. The van der Waals surface area contributed by atoms with Crippen molar-refractivity contribution in [2.45, 2.75) is 65.8 Å². The highest BCUT2D eigenvalue weighted by Gasteiger charge is 2.26. The summed E-state index contributed by atoms with van der Waals surface area (Å²) in [4.78, 5) is 17.3. The van der Waals surface area contributed by atoms with Gasteiger partial charge in [-0.25, -0.2) is 0 Å². The third-order valence-electron chi connectivity index (χ3n) is 6.13. The number of amides is 1. The molecule has 2 heterocycles. The maximum absolute atomic E-state index is 12.8. The number of carbonyl (C=O) groups is 1. The lowest BCUT2D eigenvalue weighted by molar-refractivity contribution is -0.136. The van der Waals surface area contributed by atoms with E-state index in [1.807, 2.05) is 25.8 Å². The van der Waals surface area contributed by atoms with Crippen molar-refractivity contribution in [2.75, 3.05) is 46.4 Å². The average Bonchev–Trinajstić information content (AvgIpc) is 2.81. The molecule has 170 valence electrons. The molecule has 0 aromatic heterocycles. The summed E-state index contributed by atoms with van der Waals surface area (Å²) >= 11 is 0. The molecule has 3 rings (SSSR count). The second-order valence-corrected chi connectivity index (χ2v) is 8.21. The Labute approximate surface area is 184 Å². The van der Waals surface area contributed by atoms with Gasteiger partial charge in [0, 0.05) is 26.2 Å². The van der Waals surface area contributed by atoms with E-state index in [9.17, 15) is 4.79 Å². The van der Waals surface area contributed by atoms with Crippen LogP contribution in [-0.4, -0.2) is 62.1 Å². The Morgan fingerprint density at radius 2 is 1.90 bits per heavy atom. The molecule has 2 aliphatic rings. The standard InChI is InChI=1S/C23H37N3O2.C2H6/c1-3-19(17-24-2)23(27)26-14-10-20-16-22(9-8-21(20)18-26)28-15-7-13-25-11-5-4-6-12-25;1-2/h8-9,16,19,24H,3-7,10-15,17-18H2,1-2H3;1-2H3. The predicted octanol–water partition coefficient (Wildman–Crippen LogP) is 4.10. The Bertz CT molecular complexity index is 629. The van der Waals surface area contributed by atoms with Crippen LogP contribution >= 0.6 is 0 Å². The summed E-state index contributed by atoms with van der Waals surface area (Å²) in [7, 11) is 1.91. The van der Waals surface area contributed by atoms with Crippen LogP contribution in [-0.2, 0) is 17.8 Å². The molecule has 1 atom stereocenters. The fourth-order valence-corrected chi connectivity index (χ4v) is 4.38. The number of nitrogens with zero attached hydrogens (tertiary/aromatic N) is 2. The molecule has 0 spiro atoms. The Morgan fingerprint density at radius 1 is 1.13 bits per heavy atom. The summed E-state index contributed by atoms with van der Waals surface area (Å²) in [6, 6.07) is 6.40. The van der Waals surface area contributed by atoms with Gasteiger partial charge in [-0.2, -0.15) is 0 Å². The zero-order valence-corrected chi connectivity index (χ0v) is 19.7. The van der Waals surface area contributed by atoms with E-state index in [-0.39, 0.29) is 11.8 Å². The Kier molecular flexibility index (Phi) is 11.2. The predicted molar refractivity (Wildman–Crippen MR) is 125 cm³/mol. The van der Waals surface area contributed by atoms with Gasteiger partial charge in [0.05, 0.1) is 12.5 Å². The normalized spacial score (nSPS) is 17.5. The molecule has 1 aromatic carbocycles. The molecule has 0 radical (unpaired) electrons. The molecule has 0 bridgehead atoms. The smallest absolute Gasteiger partial charge is 0.227 e. The number of carbonyl (C=O) groups excluding carboxylic acids is 1. The average molecular weight is 418 g/mol. The van der Waals surface area contributed by atoms with E-state index >= 15 is 0 Å². The number of ether oxygens (including phenoxy) is 1. The molecule has 5 heteroatoms. The fourth-order valence-electron chi connectivity index (χ4n) is 4.38. The molecule has 1 saturated heterocycles. The van der Waals surface area contributed by atoms with Crippen LogP contribution in [0.5, 0.6) is 5.75 Å². The first-order chi connectivity index (χ1) is 14.7. The summed E-state index contributed by atoms with van der Waals surface area (Å²) in [6.07, 6.45) is 6.97. The summed E-state index contributed by atoms with van der Waals surface area (Å²) in [5.41, 5.74) is 2.60. The number of nitrogens with one attached hydrogen (secondary N) is 1. The van der Waals surface area contributed by atoms with E-state index in [0.29, 0.717) is 0 Å². The molecular weight excluding hydrogens is 374 g/mol. The van der Waals surface area contributed by atoms with Crippen LogP contribution in [0.1, 0.15) is 64.0 Å². The molecule has 2 aliphatic heterocycles. The van der Waals surface area contributed by atoms with E-state index in [1.54, 1.807) is 0 Å². The topological polar surface area (TPSA) is 44.8 Å². The van der Waals surface area contributed by atoms with E-state index in [0.717, 1.165) is 57.8 Å². The fraction of sp³-hybridized carbons (Fsp3) is 0.720. The Morgan fingerprint density at radius 3 is 2.60 bits per heavy atom. The SMILES string of the molecule is CC.CCC(CNC)C(=O)N1CCc2cc(OCCCN3CCCCC3)ccc2C1. The van der Waals surface area contributed by atoms with Gasteiger partial charge in [0.2, 0.25) is 5.91 Å². The minimum atomic E-state index is 0.0778. The zero-order chi connectivity index (χ0) is 21.8. The summed E-state index contributed by atoms with van der Waals surface area (Å²) < 4.78 is 6.01. The number of piperidine rings is 1. The summed E-state index contributed by atoms with van der Waals surface area (Å²) in [6.45, 7) is 12.8. The highest BCUT2D eigenvalue weighted by molar-refractivity contribution is 5.79. The van der Waals surface area contributed by atoms with Crippen LogP contribution in [0.2, 0.25) is 0 Å². The van der Waals surface area contributed by atoms with Crippen molar-refractivity contribution < 1.29 is 9.53 Å². The number of hydrogen-bond acceptors (Lipinski definition) is 4. The summed E-state index contributed by atoms with van der Waals surface area (Å²) in [5.74, 6) is 1.33. The molecule has 1 N–H and O–H groups in total. The third kappa shape index (κ3) is 7.28. The maximum Gasteiger partial charge on any atom is 0.227 e. The Balaban J connectivity index is 0.00000155. The molecule has 30 heavy (non-hydrogen) atoms. The van der Waals surface area contributed by atoms with Gasteiger partial charge in [0.25, 0.3) is 0 Å². The lowest BCUT2D eigenvalue weighted by Gasteiger charge is -2.32. The van der Waals surface area contributed by atoms with Crippen molar-refractivity contribution in [3.63, 3.8) is 0 Å². The second kappa shape index (κ2) is 13.7. The highest BCUT2D eigenvalue weighted by atomic mass is 16.5. The minimum Gasteiger partial charge on any atom is -0.494 e. The first-order valence-electron chi connectivity index (χ1n) is 12.1. The van der Waals surface area contributed by atoms with Gasteiger partial charge in [-0.15, -0.1) is 0 Å². The Hall–Kier alpha value is -1.59. The molecule has 0 aliphatic carbocycles. The van der Waals surface area contributed by atoms with Crippen LogP contribution in [0.25, 0.3) is 0 Å². The van der Waals surface area contributed by atoms with Crippen molar-refractivity contribution >= 4 is 5.91 Å². The van der Waals surface area contributed by atoms with Gasteiger partial charge < -0.3 is 19.9 Å². The maximum atomic E-state index is 12.8. The van der Waals surface area contributed by atoms with Gasteiger partial charge in [0.15, 0.2) is 0 Å². The van der Waals surface area contributed by atoms with Crippen LogP contribution in [0.4, 0.5) is 0 Å². The van der Waals surface area contributed by atoms with Crippen LogP contribution in [0, 0.1) is 5.92 Å². The first kappa shape index (κ1) is 24.7. The van der Waals surface area contributed by atoms with Crippen LogP contribution in [0.15, 0.2) is 18.2 Å². The van der Waals surface area contributed by atoms with Gasteiger partial charge >= 0.3 is 0 Å². The molecule has 1 fully saturated rings. The van der Waals surface area contributed by atoms with Crippen molar-refractivity contribution in [3.05, 3.63) is 29.3 Å². The number of fused-ring (bicyclic) bond motifs is 1. The van der Waals surface area contributed by atoms with Crippen molar-refractivity contribution in [3.8, 4) is 5.75 Å². The van der Waals surface area contributed by atoms with Crippen molar-refractivity contribution in [1.82, 2.24) is 15.1 Å². The quantitative estimate of drug-likeness (QED) is 0.615.